The monoisotopic (exact) mass is 393 g/mol. The van der Waals surface area contributed by atoms with Crippen LogP contribution >= 0.6 is 0 Å². The molecule has 0 saturated carbocycles. The minimum absolute atomic E-state index is 0.151. The second kappa shape index (κ2) is 7.16. The van der Waals surface area contributed by atoms with Gasteiger partial charge in [-0.05, 0) is 24.3 Å². The number of methoxy groups -OCH3 is 1. The number of carboxylic acids is 1. The van der Waals surface area contributed by atoms with Crippen LogP contribution in [0.2, 0.25) is 0 Å². The van der Waals surface area contributed by atoms with Crippen molar-refractivity contribution in [2.45, 2.75) is 4.90 Å². The Kier molecular flexibility index (Phi) is 4.91. The van der Waals surface area contributed by atoms with Crippen LogP contribution in [0.25, 0.3) is 0 Å². The molecule has 0 aromatic heterocycles. The van der Waals surface area contributed by atoms with Gasteiger partial charge in [-0.25, -0.2) is 18.0 Å². The molecular formula is C17H15NO8S. The fraction of sp³-hybridized carbons (Fsp3) is 0.176. The fourth-order valence-corrected chi connectivity index (χ4v) is 3.51. The average molecular weight is 393 g/mol. The highest BCUT2D eigenvalue weighted by molar-refractivity contribution is 7.92. The molecule has 0 amide bonds. The van der Waals surface area contributed by atoms with E-state index >= 15 is 0 Å². The molecule has 0 fully saturated rings. The van der Waals surface area contributed by atoms with Crippen molar-refractivity contribution in [2.24, 2.45) is 0 Å². The first-order valence-electron chi connectivity index (χ1n) is 7.70. The van der Waals surface area contributed by atoms with E-state index in [0.717, 1.165) is 0 Å². The Balaban J connectivity index is 1.95. The number of anilines is 1. The molecule has 27 heavy (non-hydrogen) atoms. The van der Waals surface area contributed by atoms with Crippen molar-refractivity contribution >= 4 is 27.6 Å². The summed E-state index contributed by atoms with van der Waals surface area (Å²) in [6.45, 7) is 0.532. The van der Waals surface area contributed by atoms with Crippen molar-refractivity contribution in [2.75, 3.05) is 25.0 Å². The largest absolute Gasteiger partial charge is 0.486 e. The molecule has 2 aromatic carbocycles. The standard InChI is InChI=1S/C17H15NO8S/c1-24-17(21)10-2-4-11(5-3-10)27(22,23)18-13-9-15-14(25-6-7-26-15)8-12(13)16(19)20/h2-5,8-9,18H,6-7H2,1H3,(H,19,20). The Labute approximate surface area is 154 Å². The van der Waals surface area contributed by atoms with Crippen molar-refractivity contribution < 1.29 is 37.3 Å². The van der Waals surface area contributed by atoms with E-state index in [9.17, 15) is 23.1 Å². The van der Waals surface area contributed by atoms with Crippen LogP contribution in [0.4, 0.5) is 5.69 Å². The Morgan fingerprint density at radius 1 is 1.07 bits per heavy atom. The van der Waals surface area contributed by atoms with E-state index in [4.69, 9.17) is 9.47 Å². The number of sulfonamides is 1. The molecule has 0 radical (unpaired) electrons. The molecule has 2 N–H and O–H groups in total. The summed E-state index contributed by atoms with van der Waals surface area (Å²) >= 11 is 0. The number of ether oxygens (including phenoxy) is 3. The van der Waals surface area contributed by atoms with Crippen LogP contribution in [0.15, 0.2) is 41.3 Å². The second-order valence-corrected chi connectivity index (χ2v) is 7.15. The summed E-state index contributed by atoms with van der Waals surface area (Å²) in [6, 6.07) is 7.48. The molecule has 1 aliphatic heterocycles. The molecule has 3 rings (SSSR count). The maximum Gasteiger partial charge on any atom is 0.337 e. The van der Waals surface area contributed by atoms with Gasteiger partial charge in [0.05, 0.1) is 28.8 Å². The first kappa shape index (κ1) is 18.5. The quantitative estimate of drug-likeness (QED) is 0.735. The lowest BCUT2D eigenvalue weighted by atomic mass is 10.1. The molecule has 10 heteroatoms. The number of esters is 1. The lowest BCUT2D eigenvalue weighted by Crippen LogP contribution is -2.19. The SMILES string of the molecule is COC(=O)c1ccc(S(=O)(=O)Nc2cc3c(cc2C(=O)O)OCCO3)cc1. The normalized spacial score (nSPS) is 12.9. The first-order chi connectivity index (χ1) is 12.8. The van der Waals surface area contributed by atoms with Gasteiger partial charge in [0.25, 0.3) is 10.0 Å². The van der Waals surface area contributed by atoms with Crippen LogP contribution in [-0.2, 0) is 14.8 Å². The van der Waals surface area contributed by atoms with E-state index in [2.05, 4.69) is 9.46 Å². The number of carbonyl (C=O) groups is 2. The highest BCUT2D eigenvalue weighted by Crippen LogP contribution is 2.36. The topological polar surface area (TPSA) is 128 Å². The highest BCUT2D eigenvalue weighted by Gasteiger charge is 2.23. The van der Waals surface area contributed by atoms with Crippen LogP contribution in [0.1, 0.15) is 20.7 Å². The zero-order chi connectivity index (χ0) is 19.6. The van der Waals surface area contributed by atoms with E-state index in [1.807, 2.05) is 0 Å². The van der Waals surface area contributed by atoms with Crippen molar-refractivity contribution in [1.29, 1.82) is 0 Å². The van der Waals surface area contributed by atoms with Gasteiger partial charge in [0.1, 0.15) is 13.2 Å². The number of benzene rings is 2. The zero-order valence-corrected chi connectivity index (χ0v) is 14.9. The van der Waals surface area contributed by atoms with Gasteiger partial charge in [-0.3, -0.25) is 4.72 Å². The molecule has 2 aromatic rings. The summed E-state index contributed by atoms with van der Waals surface area (Å²) in [5.41, 5.74) is -0.264. The number of hydrogen-bond donors (Lipinski definition) is 2. The average Bonchev–Trinajstić information content (AvgIpc) is 2.66. The molecular weight excluding hydrogens is 378 g/mol. The van der Waals surface area contributed by atoms with Crippen LogP contribution in [0.3, 0.4) is 0 Å². The number of carboxylic acid groups (broad SMARTS) is 1. The molecule has 0 unspecified atom stereocenters. The number of hydrogen-bond acceptors (Lipinski definition) is 7. The number of fused-ring (bicyclic) bond motifs is 1. The Morgan fingerprint density at radius 3 is 2.22 bits per heavy atom. The van der Waals surface area contributed by atoms with Gasteiger partial charge in [0.15, 0.2) is 11.5 Å². The fourth-order valence-electron chi connectivity index (χ4n) is 2.44. The number of rotatable bonds is 5. The molecule has 142 valence electrons. The molecule has 0 saturated heterocycles. The van der Waals surface area contributed by atoms with Crippen molar-refractivity contribution in [3.63, 3.8) is 0 Å². The van der Waals surface area contributed by atoms with Gasteiger partial charge >= 0.3 is 11.9 Å². The van der Waals surface area contributed by atoms with Gasteiger partial charge in [-0.1, -0.05) is 0 Å². The molecule has 9 nitrogen and oxygen atoms in total. The minimum Gasteiger partial charge on any atom is -0.486 e. The van der Waals surface area contributed by atoms with E-state index in [1.165, 1.54) is 43.5 Å². The van der Waals surface area contributed by atoms with Crippen molar-refractivity contribution in [3.05, 3.63) is 47.5 Å². The van der Waals surface area contributed by atoms with E-state index in [0.29, 0.717) is 0 Å². The third kappa shape index (κ3) is 3.80. The summed E-state index contributed by atoms with van der Waals surface area (Å²) in [5.74, 6) is -1.47. The lowest BCUT2D eigenvalue weighted by molar-refractivity contribution is 0.0599. The van der Waals surface area contributed by atoms with Crippen molar-refractivity contribution in [3.8, 4) is 11.5 Å². The van der Waals surface area contributed by atoms with E-state index in [-0.39, 0.29) is 46.4 Å². The Bertz CT molecular complexity index is 998. The predicted molar refractivity (Wildman–Crippen MR) is 93.0 cm³/mol. The summed E-state index contributed by atoms with van der Waals surface area (Å²) in [6.07, 6.45) is 0. The maximum absolute atomic E-state index is 12.6. The molecule has 0 atom stereocenters. The van der Waals surface area contributed by atoms with Crippen LogP contribution in [0.5, 0.6) is 11.5 Å². The van der Waals surface area contributed by atoms with Crippen LogP contribution in [0, 0.1) is 0 Å². The first-order valence-corrected chi connectivity index (χ1v) is 9.18. The highest BCUT2D eigenvalue weighted by atomic mass is 32.2. The van der Waals surface area contributed by atoms with Crippen LogP contribution < -0.4 is 14.2 Å². The number of nitrogens with one attached hydrogen (secondary N) is 1. The maximum atomic E-state index is 12.6. The molecule has 1 aliphatic rings. The van der Waals surface area contributed by atoms with Gasteiger partial charge in [-0.2, -0.15) is 0 Å². The molecule has 1 heterocycles. The number of aromatic carboxylic acids is 1. The van der Waals surface area contributed by atoms with Gasteiger partial charge in [-0.15, -0.1) is 0 Å². The smallest absolute Gasteiger partial charge is 0.337 e. The third-order valence-electron chi connectivity index (χ3n) is 3.74. The lowest BCUT2D eigenvalue weighted by Gasteiger charge is -2.20. The Morgan fingerprint density at radius 2 is 1.67 bits per heavy atom. The third-order valence-corrected chi connectivity index (χ3v) is 5.12. The molecule has 0 aliphatic carbocycles. The van der Waals surface area contributed by atoms with Crippen molar-refractivity contribution in [1.82, 2.24) is 0 Å². The molecule has 0 bridgehead atoms. The van der Waals surface area contributed by atoms with Gasteiger partial charge in [0.2, 0.25) is 0 Å². The Hall–Kier alpha value is -3.27. The summed E-state index contributed by atoms with van der Waals surface area (Å²) in [4.78, 5) is 22.8. The summed E-state index contributed by atoms with van der Waals surface area (Å²) < 4.78 is 42.7. The second-order valence-electron chi connectivity index (χ2n) is 5.47. The van der Waals surface area contributed by atoms with Crippen LogP contribution in [-0.4, -0.2) is 45.8 Å². The van der Waals surface area contributed by atoms with E-state index in [1.54, 1.807) is 0 Å². The predicted octanol–water partition coefficient (Wildman–Crippen LogP) is 1.74. The zero-order valence-electron chi connectivity index (χ0n) is 14.1. The van der Waals surface area contributed by atoms with E-state index < -0.39 is 22.0 Å². The summed E-state index contributed by atoms with van der Waals surface area (Å²) in [7, 11) is -2.89. The number of carbonyl (C=O) groups excluding carboxylic acids is 1. The minimum atomic E-state index is -4.11. The van der Waals surface area contributed by atoms with Gasteiger partial charge < -0.3 is 19.3 Å². The molecule has 0 spiro atoms. The van der Waals surface area contributed by atoms with Gasteiger partial charge in [0, 0.05) is 12.1 Å². The summed E-state index contributed by atoms with van der Waals surface area (Å²) in [5, 5.41) is 9.38.